The van der Waals surface area contributed by atoms with Crippen molar-refractivity contribution in [3.05, 3.63) is 11.5 Å². The van der Waals surface area contributed by atoms with Crippen molar-refractivity contribution in [3.63, 3.8) is 0 Å². The number of aliphatic imine (C=N–C) groups is 1. The Labute approximate surface area is 87.7 Å². The van der Waals surface area contributed by atoms with Gasteiger partial charge in [-0.05, 0) is 20.8 Å². The molecule has 0 saturated heterocycles. The summed E-state index contributed by atoms with van der Waals surface area (Å²) in [5.41, 5.74) is 6.34. The van der Waals surface area contributed by atoms with Crippen LogP contribution in [-0.4, -0.2) is 16.7 Å². The van der Waals surface area contributed by atoms with Gasteiger partial charge in [-0.1, -0.05) is 22.6 Å². The highest BCUT2D eigenvalue weighted by Crippen LogP contribution is 1.99. The van der Waals surface area contributed by atoms with Crippen LogP contribution in [0.4, 0.5) is 0 Å². The van der Waals surface area contributed by atoms with Gasteiger partial charge in [-0.2, -0.15) is 0 Å². The molecule has 1 unspecified atom stereocenters. The molecule has 0 aliphatic heterocycles. The summed E-state index contributed by atoms with van der Waals surface area (Å²) >= 11 is 2.29. The Morgan fingerprint density at radius 3 is 2.67 bits per heavy atom. The fourth-order valence-corrected chi connectivity index (χ4v) is 0.792. The van der Waals surface area contributed by atoms with Crippen LogP contribution in [0, 0.1) is 0 Å². The highest BCUT2D eigenvalue weighted by molar-refractivity contribution is 14.1. The van der Waals surface area contributed by atoms with E-state index >= 15 is 0 Å². The zero-order valence-corrected chi connectivity index (χ0v) is 9.92. The number of rotatable bonds is 4. The quantitative estimate of drug-likeness (QED) is 0.467. The van der Waals surface area contributed by atoms with Gasteiger partial charge in [-0.25, -0.2) is 4.99 Å². The molecule has 12 heavy (non-hydrogen) atoms. The summed E-state index contributed by atoms with van der Waals surface area (Å²) in [6, 6.07) is 0. The fourth-order valence-electron chi connectivity index (χ4n) is 0.632. The molecule has 3 nitrogen and oxygen atoms in total. The summed E-state index contributed by atoms with van der Waals surface area (Å²) in [7, 11) is 0. The van der Waals surface area contributed by atoms with E-state index in [0.29, 0.717) is 3.92 Å². The molecule has 0 aliphatic rings. The van der Waals surface area contributed by atoms with Gasteiger partial charge in [0.1, 0.15) is 5.82 Å². The Morgan fingerprint density at radius 1 is 1.75 bits per heavy atom. The maximum atomic E-state index is 5.61. The molecular weight excluding hydrogens is 265 g/mol. The van der Waals surface area contributed by atoms with Crippen LogP contribution >= 0.6 is 22.6 Å². The maximum Gasteiger partial charge on any atom is 0.144 e. The Balaban J connectivity index is 4.25. The predicted molar refractivity (Wildman–Crippen MR) is 62.5 cm³/mol. The number of halogens is 1. The summed E-state index contributed by atoms with van der Waals surface area (Å²) < 4.78 is 0.426. The zero-order valence-electron chi connectivity index (χ0n) is 7.76. The second-order valence-electron chi connectivity index (χ2n) is 2.52. The van der Waals surface area contributed by atoms with Crippen LogP contribution in [0.25, 0.3) is 0 Å². The normalized spacial score (nSPS) is 16.0. The first-order valence-corrected chi connectivity index (χ1v) is 5.21. The topological polar surface area (TPSA) is 50.4 Å². The van der Waals surface area contributed by atoms with Crippen molar-refractivity contribution in [1.29, 1.82) is 0 Å². The lowest BCUT2D eigenvalue weighted by Crippen LogP contribution is -2.15. The minimum absolute atomic E-state index is 0.426. The van der Waals surface area contributed by atoms with E-state index in [4.69, 9.17) is 5.73 Å². The molecule has 1 atom stereocenters. The summed E-state index contributed by atoms with van der Waals surface area (Å²) in [6.45, 7) is 6.77. The molecule has 0 aliphatic carbocycles. The standard InChI is InChI=1S/C8H16IN3/c1-4-11-8(7(3)10)12-5-6(2)9/h5-6,11H,4,10H2,1-3H3/b8-7+,12-5-. The van der Waals surface area contributed by atoms with Gasteiger partial charge in [0, 0.05) is 22.4 Å². The van der Waals surface area contributed by atoms with Crippen molar-refractivity contribution in [3.8, 4) is 0 Å². The minimum atomic E-state index is 0.426. The van der Waals surface area contributed by atoms with E-state index in [9.17, 15) is 0 Å². The molecule has 0 aromatic carbocycles. The lowest BCUT2D eigenvalue weighted by Gasteiger charge is -2.05. The van der Waals surface area contributed by atoms with E-state index in [1.807, 2.05) is 20.1 Å². The molecule has 4 heteroatoms. The van der Waals surface area contributed by atoms with Gasteiger partial charge in [0.15, 0.2) is 0 Å². The highest BCUT2D eigenvalue weighted by atomic mass is 127. The van der Waals surface area contributed by atoms with E-state index in [1.54, 1.807) is 0 Å². The van der Waals surface area contributed by atoms with Crippen molar-refractivity contribution >= 4 is 28.8 Å². The van der Waals surface area contributed by atoms with Gasteiger partial charge in [0.25, 0.3) is 0 Å². The average molecular weight is 281 g/mol. The third-order valence-corrected chi connectivity index (χ3v) is 1.45. The van der Waals surface area contributed by atoms with Crippen LogP contribution in [0.5, 0.6) is 0 Å². The van der Waals surface area contributed by atoms with E-state index in [0.717, 1.165) is 18.1 Å². The van der Waals surface area contributed by atoms with Crippen LogP contribution in [0.15, 0.2) is 16.5 Å². The number of nitrogens with zero attached hydrogens (tertiary/aromatic N) is 1. The fraction of sp³-hybridized carbons (Fsp3) is 0.625. The van der Waals surface area contributed by atoms with Gasteiger partial charge in [0.2, 0.25) is 0 Å². The van der Waals surface area contributed by atoms with E-state index in [-0.39, 0.29) is 0 Å². The Hall–Kier alpha value is -0.260. The average Bonchev–Trinajstić information content (AvgIpc) is 1.96. The number of hydrogen-bond acceptors (Lipinski definition) is 3. The summed E-state index contributed by atoms with van der Waals surface area (Å²) in [5, 5.41) is 3.09. The second kappa shape index (κ2) is 6.28. The summed E-state index contributed by atoms with van der Waals surface area (Å²) in [6.07, 6.45) is 1.87. The van der Waals surface area contributed by atoms with E-state index in [2.05, 4.69) is 39.8 Å². The van der Waals surface area contributed by atoms with Crippen LogP contribution in [0.1, 0.15) is 20.8 Å². The van der Waals surface area contributed by atoms with Crippen molar-refractivity contribution < 1.29 is 0 Å². The van der Waals surface area contributed by atoms with Crippen LogP contribution in [-0.2, 0) is 0 Å². The molecule has 0 aromatic rings. The largest absolute Gasteiger partial charge is 0.399 e. The molecule has 0 bridgehead atoms. The smallest absolute Gasteiger partial charge is 0.144 e. The Kier molecular flexibility index (Phi) is 6.14. The molecule has 0 heterocycles. The first-order chi connectivity index (χ1) is 5.57. The minimum Gasteiger partial charge on any atom is -0.399 e. The molecular formula is C8H16IN3. The molecule has 70 valence electrons. The summed E-state index contributed by atoms with van der Waals surface area (Å²) in [5.74, 6) is 0.779. The molecule has 0 aromatic heterocycles. The maximum absolute atomic E-state index is 5.61. The molecule has 0 amide bonds. The van der Waals surface area contributed by atoms with Crippen LogP contribution in [0.2, 0.25) is 0 Å². The number of nitrogens with one attached hydrogen (secondary N) is 1. The van der Waals surface area contributed by atoms with Crippen molar-refractivity contribution in [2.75, 3.05) is 6.54 Å². The Morgan fingerprint density at radius 2 is 2.33 bits per heavy atom. The SMILES string of the molecule is CCNC(/N=C\C(C)I)=C(/C)N. The second-order valence-corrected chi connectivity index (χ2v) is 4.48. The molecule has 0 saturated carbocycles. The van der Waals surface area contributed by atoms with Crippen LogP contribution < -0.4 is 11.1 Å². The van der Waals surface area contributed by atoms with Crippen LogP contribution in [0.3, 0.4) is 0 Å². The van der Waals surface area contributed by atoms with E-state index in [1.165, 1.54) is 0 Å². The van der Waals surface area contributed by atoms with Gasteiger partial charge < -0.3 is 11.1 Å². The highest BCUT2D eigenvalue weighted by Gasteiger charge is 1.94. The number of hydrogen-bond donors (Lipinski definition) is 2. The molecule has 0 rings (SSSR count). The monoisotopic (exact) mass is 281 g/mol. The first-order valence-electron chi connectivity index (χ1n) is 3.96. The van der Waals surface area contributed by atoms with Crippen molar-refractivity contribution in [2.45, 2.75) is 24.7 Å². The molecule has 0 radical (unpaired) electrons. The summed E-state index contributed by atoms with van der Waals surface area (Å²) in [4.78, 5) is 4.22. The third-order valence-electron chi connectivity index (χ3n) is 1.13. The lowest BCUT2D eigenvalue weighted by atomic mass is 10.4. The lowest BCUT2D eigenvalue weighted by molar-refractivity contribution is 0.821. The number of nitrogens with two attached hydrogens (primary N) is 1. The first kappa shape index (κ1) is 11.7. The molecule has 0 spiro atoms. The van der Waals surface area contributed by atoms with E-state index < -0.39 is 0 Å². The predicted octanol–water partition coefficient (Wildman–Crippen LogP) is 1.64. The third kappa shape index (κ3) is 5.40. The van der Waals surface area contributed by atoms with Gasteiger partial charge >= 0.3 is 0 Å². The van der Waals surface area contributed by atoms with Gasteiger partial charge in [0.05, 0.1) is 0 Å². The van der Waals surface area contributed by atoms with Gasteiger partial charge in [-0.3, -0.25) is 0 Å². The molecule has 0 fully saturated rings. The number of allylic oxidation sites excluding steroid dienone is 1. The Bertz CT molecular complexity index is 181. The zero-order chi connectivity index (χ0) is 9.56. The van der Waals surface area contributed by atoms with Crippen molar-refractivity contribution in [1.82, 2.24) is 5.32 Å². The van der Waals surface area contributed by atoms with Gasteiger partial charge in [-0.15, -0.1) is 0 Å². The van der Waals surface area contributed by atoms with Crippen molar-refractivity contribution in [2.24, 2.45) is 10.7 Å². The molecule has 3 N–H and O–H groups in total. The number of alkyl halides is 1.